The number of hydrogen-bond donors (Lipinski definition) is 1. The maximum absolute atomic E-state index is 9.72. The van der Waals surface area contributed by atoms with Crippen LogP contribution in [0, 0.1) is 18.3 Å². The monoisotopic (exact) mass is 499 g/mol. The van der Waals surface area contributed by atoms with Crippen molar-refractivity contribution in [2.45, 2.75) is 49.6 Å². The fourth-order valence-corrected chi connectivity index (χ4v) is 5.94. The molecule has 0 saturated carbocycles. The maximum Gasteiger partial charge on any atom is 0.127 e. The van der Waals surface area contributed by atoms with Gasteiger partial charge < -0.3 is 5.32 Å². The molecule has 0 bridgehead atoms. The Morgan fingerprint density at radius 3 is 2.67 bits per heavy atom. The molecule has 1 fully saturated rings. The maximum atomic E-state index is 9.72. The Bertz CT molecular complexity index is 1560. The molecule has 36 heavy (non-hydrogen) atoms. The number of piperidine rings is 1. The van der Waals surface area contributed by atoms with Gasteiger partial charge in [0.25, 0.3) is 0 Å². The van der Waals surface area contributed by atoms with Crippen molar-refractivity contribution < 1.29 is 0 Å². The van der Waals surface area contributed by atoms with Crippen LogP contribution < -0.4 is 5.32 Å². The molecule has 0 unspecified atom stereocenters. The molecular weight excluding hydrogens is 470 g/mol. The van der Waals surface area contributed by atoms with Crippen molar-refractivity contribution in [1.82, 2.24) is 39.5 Å². The number of hydrogen-bond acceptors (Lipinski definition) is 7. The van der Waals surface area contributed by atoms with Crippen molar-refractivity contribution in [2.75, 3.05) is 13.1 Å². The van der Waals surface area contributed by atoms with E-state index in [1.807, 2.05) is 50.2 Å². The molecule has 1 saturated heterocycles. The van der Waals surface area contributed by atoms with Crippen LogP contribution in [-0.2, 0) is 7.05 Å². The van der Waals surface area contributed by atoms with Crippen LogP contribution in [0.4, 0.5) is 0 Å². The molecule has 6 rings (SSSR count). The lowest BCUT2D eigenvalue weighted by Crippen LogP contribution is -2.30. The Labute approximate surface area is 214 Å². The van der Waals surface area contributed by atoms with E-state index in [4.69, 9.17) is 5.10 Å². The van der Waals surface area contributed by atoms with Gasteiger partial charge in [0.2, 0.25) is 0 Å². The van der Waals surface area contributed by atoms with Gasteiger partial charge >= 0.3 is 0 Å². The molecule has 0 radical (unpaired) electrons. The Balaban J connectivity index is 0.00000130. The number of aromatic nitrogens is 7. The zero-order chi connectivity index (χ0) is 25.2. The minimum Gasteiger partial charge on any atom is -0.317 e. The molecule has 9 nitrogen and oxygen atoms in total. The summed E-state index contributed by atoms with van der Waals surface area (Å²) in [5.41, 5.74) is 5.50. The van der Waals surface area contributed by atoms with E-state index in [1.165, 1.54) is 11.8 Å². The molecule has 184 valence electrons. The molecule has 1 aliphatic heterocycles. The second-order valence-electron chi connectivity index (χ2n) is 8.55. The normalized spacial score (nSPS) is 14.1. The van der Waals surface area contributed by atoms with Crippen molar-refractivity contribution in [3.63, 3.8) is 0 Å². The van der Waals surface area contributed by atoms with Gasteiger partial charge in [0.05, 0.1) is 35.7 Å². The number of fused-ring (bicyclic) bond motifs is 2. The summed E-state index contributed by atoms with van der Waals surface area (Å²) in [6.07, 6.45) is 11.3. The molecule has 1 aliphatic rings. The Morgan fingerprint density at radius 2 is 1.89 bits per heavy atom. The first kappa shape index (κ1) is 24.0. The van der Waals surface area contributed by atoms with Gasteiger partial charge in [0.1, 0.15) is 16.6 Å². The fraction of sp³-hybridized carbons (Fsp3) is 0.346. The highest BCUT2D eigenvalue weighted by Gasteiger charge is 2.21. The lowest BCUT2D eigenvalue weighted by atomic mass is 10.1. The summed E-state index contributed by atoms with van der Waals surface area (Å²) in [5.74, 6) is 0. The zero-order valence-electron chi connectivity index (χ0n) is 20.9. The molecule has 6 heterocycles. The summed E-state index contributed by atoms with van der Waals surface area (Å²) < 4.78 is 5.79. The van der Waals surface area contributed by atoms with Gasteiger partial charge in [-0.3, -0.25) is 9.36 Å². The summed E-state index contributed by atoms with van der Waals surface area (Å²) in [6, 6.07) is 6.77. The van der Waals surface area contributed by atoms with Gasteiger partial charge in [-0.1, -0.05) is 25.6 Å². The van der Waals surface area contributed by atoms with Gasteiger partial charge in [-0.2, -0.15) is 20.6 Å². The molecule has 0 spiro atoms. The standard InChI is InChI=1S/C24H23N9S.C2H6/c1-15-20(13-30-33(15)19-4-6-26-7-5-19)17-9-21(22-18(10-25)12-29-32(22)14-17)34-24-23-16(3-8-27-24)11-28-31(23)2;1-2/h3,8-9,11-14,19,26H,4-7H2,1-2H3;1-2H3. The lowest BCUT2D eigenvalue weighted by Gasteiger charge is -2.24. The average Bonchev–Trinajstić information content (AvgIpc) is 3.63. The van der Waals surface area contributed by atoms with Crippen molar-refractivity contribution in [1.29, 1.82) is 5.26 Å². The van der Waals surface area contributed by atoms with E-state index < -0.39 is 0 Å². The third-order valence-electron chi connectivity index (χ3n) is 6.53. The lowest BCUT2D eigenvalue weighted by molar-refractivity contribution is 0.338. The van der Waals surface area contributed by atoms with Crippen LogP contribution in [0.25, 0.3) is 27.5 Å². The second-order valence-corrected chi connectivity index (χ2v) is 9.58. The van der Waals surface area contributed by atoms with Crippen LogP contribution in [0.15, 0.2) is 53.0 Å². The fourth-order valence-electron chi connectivity index (χ4n) is 4.78. The van der Waals surface area contributed by atoms with Gasteiger partial charge in [0.15, 0.2) is 0 Å². The van der Waals surface area contributed by atoms with Gasteiger partial charge in [-0.25, -0.2) is 9.50 Å². The average molecular weight is 500 g/mol. The van der Waals surface area contributed by atoms with Gasteiger partial charge in [-0.05, 0) is 45.0 Å². The summed E-state index contributed by atoms with van der Waals surface area (Å²) in [7, 11) is 1.91. The minimum atomic E-state index is 0.411. The summed E-state index contributed by atoms with van der Waals surface area (Å²) in [5, 5.41) is 28.6. The number of pyridine rings is 2. The van der Waals surface area contributed by atoms with Crippen LogP contribution in [0.3, 0.4) is 0 Å². The number of nitrogens with zero attached hydrogens (tertiary/aromatic N) is 8. The van der Waals surface area contributed by atoms with E-state index in [9.17, 15) is 5.26 Å². The van der Waals surface area contributed by atoms with Crippen molar-refractivity contribution >= 4 is 28.2 Å². The highest BCUT2D eigenvalue weighted by Crippen LogP contribution is 2.38. The first-order valence-corrected chi connectivity index (χ1v) is 13.1. The molecule has 5 aromatic heterocycles. The van der Waals surface area contributed by atoms with E-state index in [0.29, 0.717) is 11.6 Å². The highest BCUT2D eigenvalue weighted by atomic mass is 32.2. The van der Waals surface area contributed by atoms with Gasteiger partial charge in [0, 0.05) is 46.5 Å². The Morgan fingerprint density at radius 1 is 1.08 bits per heavy atom. The van der Waals surface area contributed by atoms with E-state index >= 15 is 0 Å². The van der Waals surface area contributed by atoms with Gasteiger partial charge in [-0.15, -0.1) is 0 Å². The van der Waals surface area contributed by atoms with Crippen LogP contribution in [0.1, 0.15) is 44.0 Å². The van der Waals surface area contributed by atoms with Crippen LogP contribution in [0.5, 0.6) is 0 Å². The third kappa shape index (κ3) is 4.14. The first-order valence-electron chi connectivity index (χ1n) is 12.3. The molecule has 10 heteroatoms. The number of nitriles is 1. The molecular formula is C26H29N9S. The van der Waals surface area contributed by atoms with Crippen molar-refractivity contribution in [3.05, 3.63) is 54.4 Å². The predicted octanol–water partition coefficient (Wildman–Crippen LogP) is 4.76. The van der Waals surface area contributed by atoms with E-state index in [-0.39, 0.29) is 0 Å². The molecule has 1 N–H and O–H groups in total. The molecule has 5 aromatic rings. The highest BCUT2D eigenvalue weighted by molar-refractivity contribution is 7.99. The molecule has 0 atom stereocenters. The summed E-state index contributed by atoms with van der Waals surface area (Å²) >= 11 is 1.53. The topological polar surface area (TPSA) is 102 Å². The first-order chi connectivity index (χ1) is 17.6. The van der Waals surface area contributed by atoms with E-state index in [1.54, 1.807) is 16.9 Å². The van der Waals surface area contributed by atoms with Crippen molar-refractivity contribution in [3.8, 4) is 17.2 Å². The molecule has 0 amide bonds. The Kier molecular flexibility index (Phi) is 6.76. The van der Waals surface area contributed by atoms with Crippen LogP contribution in [-0.4, -0.2) is 47.2 Å². The minimum absolute atomic E-state index is 0.411. The summed E-state index contributed by atoms with van der Waals surface area (Å²) in [6.45, 7) is 8.16. The predicted molar refractivity (Wildman–Crippen MR) is 141 cm³/mol. The zero-order valence-corrected chi connectivity index (χ0v) is 21.7. The van der Waals surface area contributed by atoms with E-state index in [0.717, 1.165) is 69.1 Å². The summed E-state index contributed by atoms with van der Waals surface area (Å²) in [4.78, 5) is 5.55. The number of rotatable bonds is 4. The number of nitrogens with one attached hydrogen (secondary N) is 1. The Hall–Kier alpha value is -3.68. The smallest absolute Gasteiger partial charge is 0.127 e. The van der Waals surface area contributed by atoms with E-state index in [2.05, 4.69) is 44.2 Å². The SMILES string of the molecule is CC.Cc1c(-c2cc(Sc3nccc4cnn(C)c34)c3c(C#N)cnn3c2)cnn1C1CCNCC1. The largest absolute Gasteiger partial charge is 0.317 e. The quantitative estimate of drug-likeness (QED) is 0.380. The third-order valence-corrected chi connectivity index (χ3v) is 7.55. The number of aryl methyl sites for hydroxylation is 1. The molecule has 0 aliphatic carbocycles. The molecule has 0 aromatic carbocycles. The van der Waals surface area contributed by atoms with Crippen LogP contribution in [0.2, 0.25) is 0 Å². The second kappa shape index (κ2) is 10.1. The van der Waals surface area contributed by atoms with Crippen molar-refractivity contribution in [2.24, 2.45) is 7.05 Å². The van der Waals surface area contributed by atoms with Crippen LogP contribution >= 0.6 is 11.8 Å².